The van der Waals surface area contributed by atoms with E-state index in [0.29, 0.717) is 18.8 Å². The summed E-state index contributed by atoms with van der Waals surface area (Å²) in [4.78, 5) is 17.0. The second kappa shape index (κ2) is 10.4. The highest BCUT2D eigenvalue weighted by atomic mass is 19.1. The lowest BCUT2D eigenvalue weighted by molar-refractivity contribution is -0.122. The maximum Gasteiger partial charge on any atom is 0.234 e. The third-order valence-electron chi connectivity index (χ3n) is 6.44. The summed E-state index contributed by atoms with van der Waals surface area (Å²) in [6.45, 7) is 3.86. The van der Waals surface area contributed by atoms with Gasteiger partial charge in [-0.05, 0) is 53.1 Å². The first kappa shape index (κ1) is 23.3. The van der Waals surface area contributed by atoms with E-state index in [0.717, 1.165) is 48.6 Å². The number of nitrogens with zero attached hydrogens (tertiary/aromatic N) is 2. The Labute approximate surface area is 203 Å². The van der Waals surface area contributed by atoms with E-state index in [1.807, 2.05) is 18.2 Å². The molecule has 8 heteroatoms. The first-order valence-electron chi connectivity index (χ1n) is 11.7. The maximum atomic E-state index is 13.5. The Balaban J connectivity index is 1.17. The Hall–Kier alpha value is -3.49. The third kappa shape index (κ3) is 5.61. The number of benzene rings is 3. The van der Waals surface area contributed by atoms with Gasteiger partial charge in [0.15, 0.2) is 11.5 Å². The monoisotopic (exact) mass is 479 g/mol. The van der Waals surface area contributed by atoms with Gasteiger partial charge in [-0.2, -0.15) is 0 Å². The largest absolute Gasteiger partial charge is 0.454 e. The molecule has 182 valence electrons. The van der Waals surface area contributed by atoms with Crippen molar-refractivity contribution in [3.8, 4) is 11.5 Å². The molecule has 0 bridgehead atoms. The van der Waals surface area contributed by atoms with E-state index in [1.54, 1.807) is 24.3 Å². The Morgan fingerprint density at radius 3 is 2.06 bits per heavy atom. The van der Waals surface area contributed by atoms with E-state index >= 15 is 0 Å². The number of rotatable bonds is 7. The molecule has 2 aliphatic rings. The number of hydrogen-bond acceptors (Lipinski definition) is 5. The van der Waals surface area contributed by atoms with Crippen LogP contribution in [0.3, 0.4) is 0 Å². The van der Waals surface area contributed by atoms with Crippen LogP contribution in [0.25, 0.3) is 0 Å². The highest BCUT2D eigenvalue weighted by Crippen LogP contribution is 2.32. The standard InChI is InChI=1S/C27H27F2N3O3/c28-22-6-2-20(3-7-22)27(21-4-8-23(29)9-5-21)32-13-11-31(12-14-32)17-26(33)30-16-19-1-10-24-25(15-19)35-18-34-24/h1-10,15,27H,11-14,16-18H2,(H,30,33). The molecular weight excluding hydrogens is 452 g/mol. The second-order valence-electron chi connectivity index (χ2n) is 8.78. The molecule has 0 aromatic heterocycles. The SMILES string of the molecule is O=C(CN1CCN(C(c2ccc(F)cc2)c2ccc(F)cc2)CC1)NCc1ccc2c(c1)OCO2. The number of carbonyl (C=O) groups excluding carboxylic acids is 1. The number of nitrogens with one attached hydrogen (secondary N) is 1. The number of fused-ring (bicyclic) bond motifs is 1. The number of halogens is 2. The van der Waals surface area contributed by atoms with E-state index in [4.69, 9.17) is 9.47 Å². The van der Waals surface area contributed by atoms with Crippen molar-refractivity contribution in [3.63, 3.8) is 0 Å². The van der Waals surface area contributed by atoms with Gasteiger partial charge in [0.2, 0.25) is 12.7 Å². The predicted molar refractivity (Wildman–Crippen MR) is 127 cm³/mol. The summed E-state index contributed by atoms with van der Waals surface area (Å²) in [5.74, 6) is 0.804. The molecule has 3 aromatic rings. The van der Waals surface area contributed by atoms with Crippen molar-refractivity contribution in [2.24, 2.45) is 0 Å². The lowest BCUT2D eigenvalue weighted by atomic mass is 9.96. The highest BCUT2D eigenvalue weighted by molar-refractivity contribution is 5.78. The Morgan fingerprint density at radius 1 is 0.829 bits per heavy atom. The van der Waals surface area contributed by atoms with Gasteiger partial charge < -0.3 is 14.8 Å². The molecule has 0 saturated carbocycles. The van der Waals surface area contributed by atoms with Gasteiger partial charge in [-0.3, -0.25) is 14.6 Å². The predicted octanol–water partition coefficient (Wildman–Crippen LogP) is 3.72. The molecule has 0 aliphatic carbocycles. The number of ether oxygens (including phenoxy) is 2. The van der Waals surface area contributed by atoms with Crippen LogP contribution in [-0.2, 0) is 11.3 Å². The molecule has 1 N–H and O–H groups in total. The van der Waals surface area contributed by atoms with Crippen molar-refractivity contribution in [1.82, 2.24) is 15.1 Å². The molecule has 6 nitrogen and oxygen atoms in total. The van der Waals surface area contributed by atoms with E-state index < -0.39 is 0 Å². The van der Waals surface area contributed by atoms with Gasteiger partial charge in [0.25, 0.3) is 0 Å². The summed E-state index contributed by atoms with van der Waals surface area (Å²) in [5.41, 5.74) is 2.86. The Morgan fingerprint density at radius 2 is 1.43 bits per heavy atom. The van der Waals surface area contributed by atoms with Crippen LogP contribution in [0.5, 0.6) is 11.5 Å². The zero-order valence-corrected chi connectivity index (χ0v) is 19.3. The molecule has 0 spiro atoms. The summed E-state index contributed by atoms with van der Waals surface area (Å²) >= 11 is 0. The van der Waals surface area contributed by atoms with E-state index in [9.17, 15) is 13.6 Å². The minimum absolute atomic E-state index is 0.0373. The topological polar surface area (TPSA) is 54.0 Å². The number of hydrogen-bond donors (Lipinski definition) is 1. The third-order valence-corrected chi connectivity index (χ3v) is 6.44. The van der Waals surface area contributed by atoms with Crippen molar-refractivity contribution < 1.29 is 23.0 Å². The van der Waals surface area contributed by atoms with Gasteiger partial charge in [0.1, 0.15) is 11.6 Å². The summed E-state index contributed by atoms with van der Waals surface area (Å²) in [7, 11) is 0. The fraction of sp³-hybridized carbons (Fsp3) is 0.296. The molecule has 0 unspecified atom stereocenters. The lowest BCUT2D eigenvalue weighted by Gasteiger charge is -2.39. The van der Waals surface area contributed by atoms with Gasteiger partial charge in [0.05, 0.1) is 12.6 Å². The van der Waals surface area contributed by atoms with Crippen molar-refractivity contribution >= 4 is 5.91 Å². The quantitative estimate of drug-likeness (QED) is 0.560. The van der Waals surface area contributed by atoms with Crippen molar-refractivity contribution in [3.05, 3.63) is 95.1 Å². The van der Waals surface area contributed by atoms with Crippen LogP contribution >= 0.6 is 0 Å². The fourth-order valence-electron chi connectivity index (χ4n) is 4.59. The first-order chi connectivity index (χ1) is 17.0. The van der Waals surface area contributed by atoms with E-state index in [1.165, 1.54) is 24.3 Å². The molecule has 1 amide bonds. The summed E-state index contributed by atoms with van der Waals surface area (Å²) in [6, 6.07) is 18.4. The smallest absolute Gasteiger partial charge is 0.234 e. The van der Waals surface area contributed by atoms with E-state index in [2.05, 4.69) is 15.1 Å². The van der Waals surface area contributed by atoms with Crippen molar-refractivity contribution in [1.29, 1.82) is 0 Å². The van der Waals surface area contributed by atoms with Crippen LogP contribution in [0.1, 0.15) is 22.7 Å². The maximum absolute atomic E-state index is 13.5. The van der Waals surface area contributed by atoms with Crippen LogP contribution in [0.4, 0.5) is 8.78 Å². The Bertz CT molecular complexity index is 1120. The summed E-state index contributed by atoms with van der Waals surface area (Å²) in [6.07, 6.45) is 0. The molecule has 0 atom stereocenters. The van der Waals surface area contributed by atoms with Gasteiger partial charge >= 0.3 is 0 Å². The van der Waals surface area contributed by atoms with Gasteiger partial charge in [-0.1, -0.05) is 30.3 Å². The van der Waals surface area contributed by atoms with Crippen molar-refractivity contribution in [2.45, 2.75) is 12.6 Å². The summed E-state index contributed by atoms with van der Waals surface area (Å²) in [5, 5.41) is 2.97. The molecule has 0 radical (unpaired) electrons. The number of piperazine rings is 1. The van der Waals surface area contributed by atoms with Crippen molar-refractivity contribution in [2.75, 3.05) is 39.5 Å². The van der Waals surface area contributed by atoms with Crippen LogP contribution in [-0.4, -0.2) is 55.2 Å². The molecule has 2 aliphatic heterocycles. The van der Waals surface area contributed by atoms with Gasteiger partial charge in [-0.25, -0.2) is 8.78 Å². The molecule has 2 heterocycles. The van der Waals surface area contributed by atoms with Gasteiger partial charge in [-0.15, -0.1) is 0 Å². The van der Waals surface area contributed by atoms with E-state index in [-0.39, 0.29) is 30.4 Å². The molecule has 5 rings (SSSR count). The van der Waals surface area contributed by atoms with Gasteiger partial charge in [0, 0.05) is 32.7 Å². The normalized spacial score (nSPS) is 16.0. The summed E-state index contributed by atoms with van der Waals surface area (Å²) < 4.78 is 37.8. The first-order valence-corrected chi connectivity index (χ1v) is 11.7. The second-order valence-corrected chi connectivity index (χ2v) is 8.78. The zero-order valence-electron chi connectivity index (χ0n) is 19.3. The number of amides is 1. The number of carbonyl (C=O) groups is 1. The molecule has 35 heavy (non-hydrogen) atoms. The molecule has 3 aromatic carbocycles. The highest BCUT2D eigenvalue weighted by Gasteiger charge is 2.27. The minimum Gasteiger partial charge on any atom is -0.454 e. The van der Waals surface area contributed by atoms with Crippen LogP contribution in [0.15, 0.2) is 66.7 Å². The fourth-order valence-corrected chi connectivity index (χ4v) is 4.59. The van der Waals surface area contributed by atoms with Crippen LogP contribution in [0.2, 0.25) is 0 Å². The average Bonchev–Trinajstić information content (AvgIpc) is 3.34. The lowest BCUT2D eigenvalue weighted by Crippen LogP contribution is -2.50. The minimum atomic E-state index is -0.289. The zero-order chi connectivity index (χ0) is 24.2. The molecule has 1 saturated heterocycles. The van der Waals surface area contributed by atoms with Crippen LogP contribution in [0, 0.1) is 11.6 Å². The average molecular weight is 480 g/mol. The molecular formula is C27H27F2N3O3. The van der Waals surface area contributed by atoms with Crippen LogP contribution < -0.4 is 14.8 Å². The Kier molecular flexibility index (Phi) is 6.92. The molecule has 1 fully saturated rings.